The number of carbonyl (C=O) groups is 1. The van der Waals surface area contributed by atoms with Gasteiger partial charge < -0.3 is 10.6 Å². The first-order valence-corrected chi connectivity index (χ1v) is 5.74. The molecule has 0 aliphatic heterocycles. The molecule has 0 bridgehead atoms. The number of carbonyl (C=O) groups excluding carboxylic acids is 1. The van der Waals surface area contributed by atoms with Crippen molar-refractivity contribution in [2.45, 2.75) is 6.54 Å². The third kappa shape index (κ3) is 2.86. The van der Waals surface area contributed by atoms with Gasteiger partial charge in [-0.05, 0) is 23.8 Å². The fraction of sp³-hybridized carbons (Fsp3) is 0.154. The molecule has 0 fully saturated rings. The molecular formula is C13H14N4O2. The van der Waals surface area contributed by atoms with Crippen molar-refractivity contribution in [2.75, 3.05) is 11.9 Å². The second-order valence-electron chi connectivity index (χ2n) is 4.04. The minimum atomic E-state index is -0.341. The number of benzene rings is 1. The zero-order valence-corrected chi connectivity index (χ0v) is 10.5. The molecule has 0 radical (unpaired) electrons. The van der Waals surface area contributed by atoms with Crippen molar-refractivity contribution < 1.29 is 4.79 Å². The van der Waals surface area contributed by atoms with Crippen LogP contribution in [0.3, 0.4) is 0 Å². The summed E-state index contributed by atoms with van der Waals surface area (Å²) in [6.07, 6.45) is 0. The molecule has 1 amide bonds. The predicted molar refractivity (Wildman–Crippen MR) is 71.9 cm³/mol. The van der Waals surface area contributed by atoms with Gasteiger partial charge in [0.25, 0.3) is 11.5 Å². The lowest BCUT2D eigenvalue weighted by Crippen LogP contribution is -2.28. The highest BCUT2D eigenvalue weighted by atomic mass is 16.2. The van der Waals surface area contributed by atoms with Gasteiger partial charge in [0.1, 0.15) is 5.69 Å². The number of amides is 1. The monoisotopic (exact) mass is 258 g/mol. The van der Waals surface area contributed by atoms with Crippen LogP contribution >= 0.6 is 0 Å². The summed E-state index contributed by atoms with van der Waals surface area (Å²) in [4.78, 5) is 24.5. The van der Waals surface area contributed by atoms with E-state index >= 15 is 0 Å². The maximum Gasteiger partial charge on any atom is 0.278 e. The Morgan fingerprint density at radius 1 is 1.26 bits per heavy atom. The van der Waals surface area contributed by atoms with Crippen LogP contribution in [0.1, 0.15) is 16.1 Å². The number of aromatic nitrogens is 2. The summed E-state index contributed by atoms with van der Waals surface area (Å²) >= 11 is 0. The Hall–Kier alpha value is -2.47. The number of nitrogens with zero attached hydrogens (tertiary/aromatic N) is 2. The van der Waals surface area contributed by atoms with Gasteiger partial charge in [-0.1, -0.05) is 12.1 Å². The molecule has 6 nitrogen and oxygen atoms in total. The second-order valence-corrected chi connectivity index (χ2v) is 4.04. The molecule has 0 saturated carbocycles. The number of H-pyrrole nitrogens is 1. The highest BCUT2D eigenvalue weighted by Gasteiger charge is 2.14. The number of rotatable bonds is 3. The lowest BCUT2D eigenvalue weighted by atomic mass is 10.2. The number of hydrogen-bond acceptors (Lipinski definition) is 4. The Bertz CT molecular complexity index is 613. The zero-order chi connectivity index (χ0) is 13.8. The van der Waals surface area contributed by atoms with E-state index in [1.807, 2.05) is 24.3 Å². The van der Waals surface area contributed by atoms with Crippen LogP contribution in [0.25, 0.3) is 0 Å². The molecule has 6 heteroatoms. The standard InChI is InChI=1S/C13H14N4O2/c1-17(10-4-2-9(8-14)3-5-10)13(19)11-6-7-12(18)16-15-11/h2-7H,8,14H2,1H3,(H,16,18). The second kappa shape index (κ2) is 5.45. The molecule has 2 rings (SSSR count). The Balaban J connectivity index is 2.22. The van der Waals surface area contributed by atoms with Crippen molar-refractivity contribution in [3.63, 3.8) is 0 Å². The van der Waals surface area contributed by atoms with E-state index in [0.717, 1.165) is 11.3 Å². The summed E-state index contributed by atoms with van der Waals surface area (Å²) in [5.74, 6) is -0.295. The lowest BCUT2D eigenvalue weighted by Gasteiger charge is -2.16. The van der Waals surface area contributed by atoms with Crippen LogP contribution in [0.4, 0.5) is 5.69 Å². The van der Waals surface area contributed by atoms with E-state index in [9.17, 15) is 9.59 Å². The van der Waals surface area contributed by atoms with Crippen molar-refractivity contribution in [2.24, 2.45) is 5.73 Å². The SMILES string of the molecule is CN(C(=O)c1ccc(=O)[nH]n1)c1ccc(CN)cc1. The van der Waals surface area contributed by atoms with Gasteiger partial charge >= 0.3 is 0 Å². The predicted octanol–water partition coefficient (Wildman–Crippen LogP) is 0.505. The van der Waals surface area contributed by atoms with Gasteiger partial charge in [0, 0.05) is 25.3 Å². The van der Waals surface area contributed by atoms with Gasteiger partial charge in [0.05, 0.1) is 0 Å². The molecule has 1 aromatic heterocycles. The molecule has 0 aliphatic carbocycles. The highest BCUT2D eigenvalue weighted by molar-refractivity contribution is 6.04. The molecule has 0 saturated heterocycles. The first-order chi connectivity index (χ1) is 9.11. The van der Waals surface area contributed by atoms with Crippen LogP contribution in [0.15, 0.2) is 41.2 Å². The third-order valence-corrected chi connectivity index (χ3v) is 2.76. The molecular weight excluding hydrogens is 244 g/mol. The summed E-state index contributed by atoms with van der Waals surface area (Å²) in [6, 6.07) is 10.0. The first-order valence-electron chi connectivity index (χ1n) is 5.74. The number of nitrogens with one attached hydrogen (secondary N) is 1. The molecule has 0 atom stereocenters. The van der Waals surface area contributed by atoms with Crippen molar-refractivity contribution in [1.82, 2.24) is 10.2 Å². The Kier molecular flexibility index (Phi) is 3.72. The Morgan fingerprint density at radius 3 is 2.47 bits per heavy atom. The Morgan fingerprint density at radius 2 is 1.95 bits per heavy atom. The highest BCUT2D eigenvalue weighted by Crippen LogP contribution is 2.15. The van der Waals surface area contributed by atoms with Crippen LogP contribution in [0.5, 0.6) is 0 Å². The van der Waals surface area contributed by atoms with Crippen LogP contribution < -0.4 is 16.2 Å². The summed E-state index contributed by atoms with van der Waals surface area (Å²) in [6.45, 7) is 0.458. The fourth-order valence-electron chi connectivity index (χ4n) is 1.61. The summed E-state index contributed by atoms with van der Waals surface area (Å²) in [5, 5.41) is 5.95. The fourth-order valence-corrected chi connectivity index (χ4v) is 1.61. The normalized spacial score (nSPS) is 10.2. The van der Waals surface area contributed by atoms with E-state index in [1.54, 1.807) is 7.05 Å². The molecule has 0 unspecified atom stereocenters. The topological polar surface area (TPSA) is 92.1 Å². The van der Waals surface area contributed by atoms with Gasteiger partial charge in [-0.15, -0.1) is 0 Å². The minimum Gasteiger partial charge on any atom is -0.326 e. The summed E-state index contributed by atoms with van der Waals surface area (Å²) in [5.41, 5.74) is 7.08. The minimum absolute atomic E-state index is 0.185. The number of aromatic amines is 1. The number of nitrogens with two attached hydrogens (primary N) is 1. The van der Waals surface area contributed by atoms with Gasteiger partial charge in [-0.25, -0.2) is 5.10 Å². The van der Waals surface area contributed by atoms with E-state index < -0.39 is 0 Å². The van der Waals surface area contributed by atoms with Gasteiger partial charge in [0.2, 0.25) is 0 Å². The maximum atomic E-state index is 12.1. The molecule has 3 N–H and O–H groups in total. The van der Waals surface area contributed by atoms with Crippen molar-refractivity contribution in [1.29, 1.82) is 0 Å². The van der Waals surface area contributed by atoms with E-state index in [1.165, 1.54) is 17.0 Å². The smallest absolute Gasteiger partial charge is 0.278 e. The first kappa shape index (κ1) is 13.0. The molecule has 0 aliphatic rings. The van der Waals surface area contributed by atoms with E-state index in [0.29, 0.717) is 6.54 Å². The van der Waals surface area contributed by atoms with Crippen LogP contribution in [-0.4, -0.2) is 23.2 Å². The molecule has 1 heterocycles. The molecule has 2 aromatic rings. The Labute approximate surface area is 109 Å². The van der Waals surface area contributed by atoms with Gasteiger partial charge in [-0.3, -0.25) is 9.59 Å². The number of hydrogen-bond donors (Lipinski definition) is 2. The van der Waals surface area contributed by atoms with Gasteiger partial charge in [-0.2, -0.15) is 5.10 Å². The largest absolute Gasteiger partial charge is 0.326 e. The summed E-state index contributed by atoms with van der Waals surface area (Å²) in [7, 11) is 1.65. The maximum absolute atomic E-state index is 12.1. The lowest BCUT2D eigenvalue weighted by molar-refractivity contribution is 0.0987. The zero-order valence-electron chi connectivity index (χ0n) is 10.5. The van der Waals surface area contributed by atoms with E-state index in [-0.39, 0.29) is 17.2 Å². The van der Waals surface area contributed by atoms with Crippen LogP contribution in [-0.2, 0) is 6.54 Å². The van der Waals surface area contributed by atoms with Crippen LogP contribution in [0, 0.1) is 0 Å². The average molecular weight is 258 g/mol. The van der Waals surface area contributed by atoms with Crippen molar-refractivity contribution >= 4 is 11.6 Å². The molecule has 98 valence electrons. The van der Waals surface area contributed by atoms with Crippen molar-refractivity contribution in [3.05, 3.63) is 58.0 Å². The van der Waals surface area contributed by atoms with Crippen molar-refractivity contribution in [3.8, 4) is 0 Å². The summed E-state index contributed by atoms with van der Waals surface area (Å²) < 4.78 is 0. The molecule has 1 aromatic carbocycles. The molecule has 19 heavy (non-hydrogen) atoms. The van der Waals surface area contributed by atoms with Crippen LogP contribution in [0.2, 0.25) is 0 Å². The average Bonchev–Trinajstić information content (AvgIpc) is 2.46. The number of anilines is 1. The van der Waals surface area contributed by atoms with E-state index in [2.05, 4.69) is 10.2 Å². The quantitative estimate of drug-likeness (QED) is 0.838. The van der Waals surface area contributed by atoms with E-state index in [4.69, 9.17) is 5.73 Å². The third-order valence-electron chi connectivity index (χ3n) is 2.76. The molecule has 0 spiro atoms. The van der Waals surface area contributed by atoms with Gasteiger partial charge in [0.15, 0.2) is 0 Å².